The number of hydrogen-bond acceptors (Lipinski definition) is 4. The van der Waals surface area contributed by atoms with E-state index in [0.29, 0.717) is 0 Å². The van der Waals surface area contributed by atoms with Gasteiger partial charge in [-0.1, -0.05) is 103 Å². The van der Waals surface area contributed by atoms with Crippen LogP contribution in [0.2, 0.25) is 0 Å². The van der Waals surface area contributed by atoms with Crippen LogP contribution in [0.15, 0.2) is 160 Å². The third-order valence-corrected chi connectivity index (χ3v) is 10.2. The molecule has 0 bridgehead atoms. The van der Waals surface area contributed by atoms with Crippen LogP contribution in [-0.2, 0) is 0 Å². The minimum absolute atomic E-state index is 0.855. The molecule has 7 aromatic carbocycles. The van der Waals surface area contributed by atoms with E-state index in [2.05, 4.69) is 132 Å². The Bertz CT molecular complexity index is 2770. The molecule has 0 unspecified atom stereocenters. The van der Waals surface area contributed by atoms with Gasteiger partial charge in [0.1, 0.15) is 16.7 Å². The second-order valence-electron chi connectivity index (χ2n) is 11.7. The van der Waals surface area contributed by atoms with Crippen molar-refractivity contribution in [2.75, 3.05) is 4.90 Å². The van der Waals surface area contributed by atoms with E-state index in [1.807, 2.05) is 35.6 Å². The molecule has 0 saturated heterocycles. The maximum absolute atomic E-state index is 6.70. The van der Waals surface area contributed by atoms with Crippen LogP contribution in [0.5, 0.6) is 0 Å². The fourth-order valence-corrected chi connectivity index (χ4v) is 8.15. The van der Waals surface area contributed by atoms with Gasteiger partial charge in [-0.2, -0.15) is 0 Å². The average Bonchev–Trinajstić information content (AvgIpc) is 3.80. The van der Waals surface area contributed by atoms with E-state index in [9.17, 15) is 0 Å². The summed E-state index contributed by atoms with van der Waals surface area (Å²) in [7, 11) is 0. The molecule has 0 atom stereocenters. The molecule has 0 aliphatic carbocycles. The van der Waals surface area contributed by atoms with Crippen LogP contribution in [-0.4, -0.2) is 0 Å². The highest BCUT2D eigenvalue weighted by atomic mass is 32.1. The maximum atomic E-state index is 6.70. The molecule has 0 aliphatic rings. The number of benzene rings is 7. The molecule has 0 saturated carbocycles. The number of anilines is 3. The van der Waals surface area contributed by atoms with E-state index >= 15 is 0 Å². The Balaban J connectivity index is 1.32. The lowest BCUT2D eigenvalue weighted by Crippen LogP contribution is -2.10. The molecule has 10 aromatic rings. The van der Waals surface area contributed by atoms with Crippen molar-refractivity contribution in [3.05, 3.63) is 152 Å². The van der Waals surface area contributed by atoms with Gasteiger partial charge in [0.05, 0.1) is 16.8 Å². The van der Waals surface area contributed by atoms with Crippen molar-refractivity contribution in [2.24, 2.45) is 0 Å². The Morgan fingerprint density at radius 2 is 1.11 bits per heavy atom. The molecule has 0 spiro atoms. The highest BCUT2D eigenvalue weighted by Gasteiger charge is 2.25. The van der Waals surface area contributed by atoms with Crippen LogP contribution < -0.4 is 4.90 Å². The van der Waals surface area contributed by atoms with Crippen LogP contribution in [0.1, 0.15) is 0 Å². The van der Waals surface area contributed by atoms with Crippen LogP contribution in [0, 0.1) is 0 Å². The molecule has 10 rings (SSSR count). The Morgan fingerprint density at radius 1 is 0.435 bits per heavy atom. The number of rotatable bonds is 4. The molecular weight excluding hydrogens is 583 g/mol. The van der Waals surface area contributed by atoms with Gasteiger partial charge in [-0.05, 0) is 54.1 Å². The standard InChI is InChI=1S/C42H25NO2S/c1-2-11-26(12-3-1)28-23-24-34(40-33-15-5-8-19-37(33)45-42(28)40)43(27-21-22-31-30-14-6-9-20-38(30)46-39(31)25-27)35-17-10-16-32-29-13-4-7-18-36(29)44-41(32)35/h1-25H. The topological polar surface area (TPSA) is 29.5 Å². The maximum Gasteiger partial charge on any atom is 0.159 e. The minimum Gasteiger partial charge on any atom is -0.455 e. The van der Waals surface area contributed by atoms with Gasteiger partial charge in [0.2, 0.25) is 0 Å². The Morgan fingerprint density at radius 3 is 1.98 bits per heavy atom. The molecule has 3 aromatic heterocycles. The van der Waals surface area contributed by atoms with Crippen molar-refractivity contribution in [1.82, 2.24) is 0 Å². The van der Waals surface area contributed by atoms with Gasteiger partial charge >= 0.3 is 0 Å². The van der Waals surface area contributed by atoms with Gasteiger partial charge < -0.3 is 13.7 Å². The molecule has 0 fully saturated rings. The molecule has 0 amide bonds. The van der Waals surface area contributed by atoms with Gasteiger partial charge in [-0.25, -0.2) is 0 Å². The first-order chi connectivity index (χ1) is 22.8. The molecule has 0 aliphatic heterocycles. The number of fused-ring (bicyclic) bond motifs is 9. The summed E-state index contributed by atoms with van der Waals surface area (Å²) in [5.74, 6) is 0. The molecule has 4 heteroatoms. The quantitative estimate of drug-likeness (QED) is 0.199. The summed E-state index contributed by atoms with van der Waals surface area (Å²) in [4.78, 5) is 2.35. The first-order valence-corrected chi connectivity index (χ1v) is 16.2. The predicted octanol–water partition coefficient (Wildman–Crippen LogP) is 13.0. The van der Waals surface area contributed by atoms with E-state index in [1.54, 1.807) is 0 Å². The van der Waals surface area contributed by atoms with Gasteiger partial charge in [-0.3, -0.25) is 0 Å². The summed E-state index contributed by atoms with van der Waals surface area (Å²) in [6.07, 6.45) is 0. The van der Waals surface area contributed by atoms with Gasteiger partial charge in [-0.15, -0.1) is 11.3 Å². The lowest BCUT2D eigenvalue weighted by Gasteiger charge is -2.27. The largest absolute Gasteiger partial charge is 0.455 e. The zero-order valence-electron chi connectivity index (χ0n) is 24.6. The van der Waals surface area contributed by atoms with Crippen LogP contribution >= 0.6 is 11.3 Å². The molecule has 3 nitrogen and oxygen atoms in total. The number of furan rings is 2. The predicted molar refractivity (Wildman–Crippen MR) is 194 cm³/mol. The summed E-state index contributed by atoms with van der Waals surface area (Å²) in [6, 6.07) is 53.5. The van der Waals surface area contributed by atoms with E-state index in [0.717, 1.165) is 72.1 Å². The summed E-state index contributed by atoms with van der Waals surface area (Å²) in [6.45, 7) is 0. The van der Waals surface area contributed by atoms with Gasteiger partial charge in [0.25, 0.3) is 0 Å². The van der Waals surface area contributed by atoms with E-state index in [-0.39, 0.29) is 0 Å². The van der Waals surface area contributed by atoms with Gasteiger partial charge in [0, 0.05) is 47.6 Å². The Kier molecular flexibility index (Phi) is 5.45. The summed E-state index contributed by atoms with van der Waals surface area (Å²) >= 11 is 1.83. The highest BCUT2D eigenvalue weighted by molar-refractivity contribution is 7.25. The van der Waals surface area contributed by atoms with Crippen molar-refractivity contribution in [3.63, 3.8) is 0 Å². The second kappa shape index (κ2) is 9.83. The van der Waals surface area contributed by atoms with Crippen molar-refractivity contribution in [1.29, 1.82) is 0 Å². The Hall–Kier alpha value is -5.84. The zero-order valence-corrected chi connectivity index (χ0v) is 25.4. The average molecular weight is 608 g/mol. The number of thiophene rings is 1. The molecule has 46 heavy (non-hydrogen) atoms. The van der Waals surface area contributed by atoms with Crippen molar-refractivity contribution < 1.29 is 8.83 Å². The fraction of sp³-hybridized carbons (Fsp3) is 0. The third-order valence-electron chi connectivity index (χ3n) is 9.07. The lowest BCUT2D eigenvalue weighted by atomic mass is 9.99. The van der Waals surface area contributed by atoms with Crippen molar-refractivity contribution in [2.45, 2.75) is 0 Å². The highest BCUT2D eigenvalue weighted by Crippen LogP contribution is 2.49. The van der Waals surface area contributed by atoms with E-state index in [1.165, 1.54) is 20.2 Å². The summed E-state index contributed by atoms with van der Waals surface area (Å²) in [5, 5.41) is 6.91. The number of para-hydroxylation sites is 3. The number of hydrogen-bond donors (Lipinski definition) is 0. The normalized spacial score (nSPS) is 11.9. The molecular formula is C42H25NO2S. The van der Waals surface area contributed by atoms with E-state index in [4.69, 9.17) is 8.83 Å². The van der Waals surface area contributed by atoms with Crippen molar-refractivity contribution >= 4 is 92.4 Å². The number of nitrogens with zero attached hydrogens (tertiary/aromatic N) is 1. The first-order valence-electron chi connectivity index (χ1n) is 15.4. The van der Waals surface area contributed by atoms with Crippen LogP contribution in [0.3, 0.4) is 0 Å². The molecule has 3 heterocycles. The fourth-order valence-electron chi connectivity index (χ4n) is 7.01. The third kappa shape index (κ3) is 3.71. The van der Waals surface area contributed by atoms with Crippen LogP contribution in [0.4, 0.5) is 17.1 Å². The molecule has 216 valence electrons. The molecule has 0 N–H and O–H groups in total. The second-order valence-corrected chi connectivity index (χ2v) is 12.8. The van der Waals surface area contributed by atoms with Crippen molar-refractivity contribution in [3.8, 4) is 11.1 Å². The lowest BCUT2D eigenvalue weighted by molar-refractivity contribution is 0.668. The smallest absolute Gasteiger partial charge is 0.159 e. The van der Waals surface area contributed by atoms with E-state index < -0.39 is 0 Å². The minimum atomic E-state index is 0.855. The SMILES string of the molecule is c1ccc(-c2ccc(N(c3ccc4c(c3)sc3ccccc34)c3cccc4c3oc3ccccc34)c3c2oc2ccccc23)cc1. The van der Waals surface area contributed by atoms with Crippen LogP contribution in [0.25, 0.3) is 75.2 Å². The zero-order chi connectivity index (χ0) is 30.2. The molecule has 0 radical (unpaired) electrons. The summed E-state index contributed by atoms with van der Waals surface area (Å²) in [5.41, 5.74) is 8.73. The Labute approximate surface area is 268 Å². The first kappa shape index (κ1) is 25.5. The summed E-state index contributed by atoms with van der Waals surface area (Å²) < 4.78 is 15.9. The monoisotopic (exact) mass is 607 g/mol. The van der Waals surface area contributed by atoms with Gasteiger partial charge in [0.15, 0.2) is 5.58 Å².